The molecule has 130 valence electrons. The van der Waals surface area contributed by atoms with Crippen LogP contribution in [0.2, 0.25) is 0 Å². The summed E-state index contributed by atoms with van der Waals surface area (Å²) in [6.07, 6.45) is -0.718. The van der Waals surface area contributed by atoms with Crippen LogP contribution < -0.4 is 5.32 Å². The van der Waals surface area contributed by atoms with E-state index >= 15 is 0 Å². The number of nitrogens with zero attached hydrogens (tertiary/aromatic N) is 2. The molecule has 0 saturated carbocycles. The van der Waals surface area contributed by atoms with Crippen molar-refractivity contribution in [1.82, 2.24) is 10.3 Å². The fraction of sp³-hybridized carbons (Fsp3) is 0.400. The summed E-state index contributed by atoms with van der Waals surface area (Å²) in [7, 11) is 1.45. The van der Waals surface area contributed by atoms with Crippen LogP contribution in [0, 0.1) is 4.91 Å². The number of nitroso groups, excluding NO2 is 1. The second-order valence-electron chi connectivity index (χ2n) is 5.87. The van der Waals surface area contributed by atoms with Gasteiger partial charge in [0, 0.05) is 6.07 Å². The minimum Gasteiger partial charge on any atom is -0.480 e. The van der Waals surface area contributed by atoms with Gasteiger partial charge in [-0.15, -0.1) is 0 Å². The first-order chi connectivity index (χ1) is 11.0. The number of benzene rings is 1. The summed E-state index contributed by atoms with van der Waals surface area (Å²) in [5.41, 5.74) is 0.294. The van der Waals surface area contributed by atoms with E-state index < -0.39 is 24.2 Å². The second-order valence-corrected chi connectivity index (χ2v) is 5.87. The molecule has 1 heterocycles. The molecule has 9 nitrogen and oxygen atoms in total. The molecule has 1 aromatic rings. The first-order valence-corrected chi connectivity index (χ1v) is 7.06. The maximum absolute atomic E-state index is 11.3. The summed E-state index contributed by atoms with van der Waals surface area (Å²) >= 11 is 0. The first kappa shape index (κ1) is 19.1. The number of hydrogen-bond donors (Lipinski definition) is 2. The molecule has 0 fully saturated rings. The minimum atomic E-state index is -1.10. The van der Waals surface area contributed by atoms with Gasteiger partial charge >= 0.3 is 23.7 Å². The fourth-order valence-electron chi connectivity index (χ4n) is 1.70. The number of amides is 2. The lowest BCUT2D eigenvalue weighted by molar-refractivity contribution is -0.603. The summed E-state index contributed by atoms with van der Waals surface area (Å²) in [6, 6.07) is 6.75. The van der Waals surface area contributed by atoms with Crippen LogP contribution in [0.4, 0.5) is 10.5 Å². The molecule has 0 unspecified atom stereocenters. The molecule has 1 aliphatic heterocycles. The van der Waals surface area contributed by atoms with Crippen LogP contribution in [0.1, 0.15) is 31.1 Å². The maximum atomic E-state index is 11.3. The van der Waals surface area contributed by atoms with Crippen molar-refractivity contribution >= 4 is 23.7 Å². The molecular formula is C15H20N3O6+. The van der Waals surface area contributed by atoms with Gasteiger partial charge in [0.05, 0.1) is 12.0 Å². The number of alkyl carbamates (subject to hydrolysis) is 1. The standard InChI is InChI=1S/C8H7N2O2.C7H13NO4/c1-9-8(11)6-4-2-3-5-7(6)10(9)12;1-7(2,3)12-6(11)8-4-5(9)10/h2-5H,1H3;4H2,1-3H3,(H,8,11)(H,9,10)/q+1;. The molecule has 2 rings (SSSR count). The van der Waals surface area contributed by atoms with Crippen molar-refractivity contribution < 1.29 is 29.1 Å². The third-order valence-electron chi connectivity index (χ3n) is 2.69. The van der Waals surface area contributed by atoms with E-state index in [0.29, 0.717) is 16.1 Å². The van der Waals surface area contributed by atoms with Crippen molar-refractivity contribution in [1.29, 1.82) is 0 Å². The number of hydrogen-bond acceptors (Lipinski definition) is 5. The molecule has 0 radical (unpaired) electrons. The zero-order chi connectivity index (χ0) is 18.5. The van der Waals surface area contributed by atoms with Gasteiger partial charge in [-0.05, 0) is 26.8 Å². The largest absolute Gasteiger partial charge is 0.480 e. The number of carbonyl (C=O) groups is 3. The smallest absolute Gasteiger partial charge is 0.408 e. The Hall–Kier alpha value is -2.97. The highest BCUT2D eigenvalue weighted by Crippen LogP contribution is 2.26. The van der Waals surface area contributed by atoms with Crippen molar-refractivity contribution in [2.75, 3.05) is 13.6 Å². The molecule has 0 saturated heterocycles. The number of aliphatic carboxylic acids is 1. The van der Waals surface area contributed by atoms with Crippen molar-refractivity contribution in [2.45, 2.75) is 26.4 Å². The lowest BCUT2D eigenvalue weighted by atomic mass is 10.2. The molecule has 0 aliphatic carbocycles. The Balaban J connectivity index is 0.000000240. The quantitative estimate of drug-likeness (QED) is 0.793. The van der Waals surface area contributed by atoms with Crippen LogP contribution in [-0.2, 0) is 9.53 Å². The van der Waals surface area contributed by atoms with Gasteiger partial charge in [-0.1, -0.05) is 17.1 Å². The zero-order valence-corrected chi connectivity index (χ0v) is 13.9. The van der Waals surface area contributed by atoms with Gasteiger partial charge in [-0.3, -0.25) is 9.59 Å². The molecule has 0 spiro atoms. The van der Waals surface area contributed by atoms with Gasteiger partial charge in [0.2, 0.25) is 0 Å². The molecule has 2 amide bonds. The summed E-state index contributed by atoms with van der Waals surface area (Å²) < 4.78 is 4.77. The van der Waals surface area contributed by atoms with Crippen LogP contribution in [0.5, 0.6) is 0 Å². The van der Waals surface area contributed by atoms with E-state index in [9.17, 15) is 19.3 Å². The van der Waals surface area contributed by atoms with Crippen LogP contribution in [0.15, 0.2) is 24.3 Å². The normalized spacial score (nSPS) is 12.9. The Bertz CT molecular complexity index is 630. The van der Waals surface area contributed by atoms with Gasteiger partial charge in [0.25, 0.3) is 0 Å². The Morgan fingerprint density at radius 1 is 1.29 bits per heavy atom. The summed E-state index contributed by atoms with van der Waals surface area (Å²) in [5, 5.41) is 11.3. The van der Waals surface area contributed by atoms with Crippen molar-refractivity contribution in [3.05, 3.63) is 34.7 Å². The van der Waals surface area contributed by atoms with E-state index in [4.69, 9.17) is 9.84 Å². The van der Waals surface area contributed by atoms with Crippen molar-refractivity contribution in [2.24, 2.45) is 0 Å². The Kier molecular flexibility index (Phi) is 5.99. The van der Waals surface area contributed by atoms with E-state index in [-0.39, 0.29) is 5.91 Å². The van der Waals surface area contributed by atoms with E-state index in [1.165, 1.54) is 7.05 Å². The van der Waals surface area contributed by atoms with E-state index in [1.807, 2.05) is 0 Å². The number of ether oxygens (including phenoxy) is 1. The average Bonchev–Trinajstić information content (AvgIpc) is 2.70. The van der Waals surface area contributed by atoms with Gasteiger partial charge in [-0.2, -0.15) is 0 Å². The third kappa shape index (κ3) is 5.34. The zero-order valence-electron chi connectivity index (χ0n) is 13.9. The van der Waals surface area contributed by atoms with Crippen LogP contribution in [-0.4, -0.2) is 52.1 Å². The highest BCUT2D eigenvalue weighted by molar-refractivity contribution is 5.99. The van der Waals surface area contributed by atoms with Crippen LogP contribution in [0.3, 0.4) is 0 Å². The molecule has 9 heteroatoms. The molecule has 1 aromatic carbocycles. The predicted octanol–water partition coefficient (Wildman–Crippen LogP) is 1.69. The lowest BCUT2D eigenvalue weighted by Crippen LogP contribution is -2.35. The molecular weight excluding hydrogens is 318 g/mol. The average molecular weight is 338 g/mol. The van der Waals surface area contributed by atoms with Crippen molar-refractivity contribution in [3.63, 3.8) is 0 Å². The summed E-state index contributed by atoms with van der Waals surface area (Å²) in [6.45, 7) is 4.68. The van der Waals surface area contributed by atoms with E-state index in [0.717, 1.165) is 5.01 Å². The van der Waals surface area contributed by atoms with Gasteiger partial charge in [0.15, 0.2) is 4.87 Å². The topological polar surface area (TPSA) is 116 Å². The number of carboxylic acids is 1. The number of rotatable bonds is 2. The van der Waals surface area contributed by atoms with Gasteiger partial charge in [-0.25, -0.2) is 4.79 Å². The number of carbonyl (C=O) groups excluding carboxylic acids is 2. The highest BCUT2D eigenvalue weighted by atomic mass is 16.6. The number of carboxylic acid groups (broad SMARTS) is 1. The predicted molar refractivity (Wildman–Crippen MR) is 83.7 cm³/mol. The van der Waals surface area contributed by atoms with Gasteiger partial charge < -0.3 is 15.2 Å². The Morgan fingerprint density at radius 2 is 1.88 bits per heavy atom. The molecule has 0 atom stereocenters. The Morgan fingerprint density at radius 3 is 2.38 bits per heavy atom. The van der Waals surface area contributed by atoms with Crippen LogP contribution in [0.25, 0.3) is 0 Å². The number of fused-ring (bicyclic) bond motifs is 1. The number of para-hydroxylation sites is 1. The minimum absolute atomic E-state index is 0.249. The fourth-order valence-corrected chi connectivity index (χ4v) is 1.70. The van der Waals surface area contributed by atoms with E-state index in [2.05, 4.69) is 5.32 Å². The van der Waals surface area contributed by atoms with E-state index in [1.54, 1.807) is 45.0 Å². The summed E-state index contributed by atoms with van der Waals surface area (Å²) in [4.78, 5) is 43.9. The van der Waals surface area contributed by atoms with Crippen LogP contribution >= 0.6 is 0 Å². The van der Waals surface area contributed by atoms with Gasteiger partial charge in [0.1, 0.15) is 17.7 Å². The molecule has 1 aliphatic rings. The SMILES string of the molecule is CC(C)(C)OC(=O)NCC(=O)O.CN1C(=O)c2ccccc2[N+]1=O. The summed E-state index contributed by atoms with van der Waals surface area (Å²) in [5.74, 6) is -1.35. The molecule has 24 heavy (non-hydrogen) atoms. The molecule has 0 bridgehead atoms. The first-order valence-electron chi connectivity index (χ1n) is 7.06. The lowest BCUT2D eigenvalue weighted by Gasteiger charge is -2.19. The maximum Gasteiger partial charge on any atom is 0.408 e. The van der Waals surface area contributed by atoms with Crippen molar-refractivity contribution in [3.8, 4) is 0 Å². The monoisotopic (exact) mass is 338 g/mol. The highest BCUT2D eigenvalue weighted by Gasteiger charge is 2.40. The molecule has 2 N–H and O–H groups in total. The second kappa shape index (κ2) is 7.53. The number of nitrogens with one attached hydrogen (secondary N) is 1. The molecule has 0 aromatic heterocycles. The third-order valence-corrected chi connectivity index (χ3v) is 2.69. The Labute approximate surface area is 138 Å². The number of hydrazine groups is 1.